The van der Waals surface area contributed by atoms with Crippen molar-refractivity contribution in [3.05, 3.63) is 47.5 Å². The smallest absolute Gasteiger partial charge is 0.276 e. The Morgan fingerprint density at radius 2 is 1.94 bits per heavy atom. The summed E-state index contributed by atoms with van der Waals surface area (Å²) < 4.78 is 0. The van der Waals surface area contributed by atoms with Crippen LogP contribution in [0.5, 0.6) is 0 Å². The monoisotopic (exact) mass is 215 g/mol. The molecule has 2 aromatic rings. The minimum Gasteiger partial charge on any atom is -0.348 e. The third-order valence-electron chi connectivity index (χ3n) is 2.35. The molecule has 0 saturated heterocycles. The summed E-state index contributed by atoms with van der Waals surface area (Å²) in [6.07, 6.45) is 1.51. The highest BCUT2D eigenvalue weighted by atomic mass is 16.1. The van der Waals surface area contributed by atoms with Gasteiger partial charge in [-0.15, -0.1) is 0 Å². The molecule has 0 atom stereocenters. The van der Waals surface area contributed by atoms with E-state index >= 15 is 0 Å². The van der Waals surface area contributed by atoms with E-state index in [1.807, 2.05) is 38.1 Å². The Morgan fingerprint density at radius 1 is 1.25 bits per heavy atom. The third-order valence-corrected chi connectivity index (χ3v) is 2.35. The van der Waals surface area contributed by atoms with Crippen LogP contribution in [-0.2, 0) is 0 Å². The predicted molar refractivity (Wildman–Crippen MR) is 62.5 cm³/mol. The van der Waals surface area contributed by atoms with E-state index in [0.717, 1.165) is 16.9 Å². The minimum absolute atomic E-state index is 0.192. The van der Waals surface area contributed by atoms with Crippen LogP contribution in [0.1, 0.15) is 21.7 Å². The fourth-order valence-electron chi connectivity index (χ4n) is 1.41. The van der Waals surface area contributed by atoms with Gasteiger partial charge in [-0.05, 0) is 26.0 Å². The summed E-state index contributed by atoms with van der Waals surface area (Å²) in [6.45, 7) is 3.82. The molecule has 0 radical (unpaired) electrons. The number of nitrogens with zero attached hydrogens (tertiary/aromatic N) is 1. The number of rotatable bonds is 2. The molecule has 2 N–H and O–H groups in total. The van der Waals surface area contributed by atoms with E-state index in [0.29, 0.717) is 5.69 Å². The van der Waals surface area contributed by atoms with Crippen molar-refractivity contribution < 1.29 is 4.79 Å². The summed E-state index contributed by atoms with van der Waals surface area (Å²) >= 11 is 0. The van der Waals surface area contributed by atoms with E-state index in [-0.39, 0.29) is 5.91 Å². The summed E-state index contributed by atoms with van der Waals surface area (Å²) in [5, 5.41) is 2.79. The molecule has 16 heavy (non-hydrogen) atoms. The van der Waals surface area contributed by atoms with Gasteiger partial charge in [0, 0.05) is 11.4 Å². The number of imidazole rings is 1. The van der Waals surface area contributed by atoms with Gasteiger partial charge in [0.05, 0.1) is 6.33 Å². The lowest BCUT2D eigenvalue weighted by molar-refractivity contribution is 0.102. The first-order chi connectivity index (χ1) is 7.66. The van der Waals surface area contributed by atoms with Crippen LogP contribution < -0.4 is 5.32 Å². The van der Waals surface area contributed by atoms with Crippen molar-refractivity contribution in [3.8, 4) is 0 Å². The first-order valence-corrected chi connectivity index (χ1v) is 5.05. The van der Waals surface area contributed by atoms with Crippen molar-refractivity contribution in [2.45, 2.75) is 13.8 Å². The Labute approximate surface area is 93.7 Å². The summed E-state index contributed by atoms with van der Waals surface area (Å²) in [5.74, 6) is -0.192. The Morgan fingerprint density at radius 3 is 2.50 bits per heavy atom. The van der Waals surface area contributed by atoms with Crippen LogP contribution in [0.3, 0.4) is 0 Å². The molecule has 0 aliphatic carbocycles. The van der Waals surface area contributed by atoms with Gasteiger partial charge in [0.25, 0.3) is 5.91 Å². The highest BCUT2D eigenvalue weighted by molar-refractivity contribution is 6.03. The molecule has 2 rings (SSSR count). The van der Waals surface area contributed by atoms with Gasteiger partial charge in [0.2, 0.25) is 0 Å². The number of benzene rings is 1. The Bertz CT molecular complexity index is 499. The molecule has 0 fully saturated rings. The van der Waals surface area contributed by atoms with E-state index < -0.39 is 0 Å². The molecule has 1 aromatic heterocycles. The number of carbonyl (C=O) groups excluding carboxylic acids is 1. The lowest BCUT2D eigenvalue weighted by Gasteiger charge is -2.03. The van der Waals surface area contributed by atoms with Crippen LogP contribution in [-0.4, -0.2) is 15.9 Å². The Hall–Kier alpha value is -2.10. The number of hydrogen-bond donors (Lipinski definition) is 2. The molecule has 1 heterocycles. The van der Waals surface area contributed by atoms with Crippen LogP contribution in [0, 0.1) is 13.8 Å². The first-order valence-electron chi connectivity index (χ1n) is 5.05. The average molecular weight is 215 g/mol. The van der Waals surface area contributed by atoms with Crippen LogP contribution in [0.2, 0.25) is 0 Å². The molecule has 82 valence electrons. The van der Waals surface area contributed by atoms with Gasteiger partial charge in [-0.1, -0.05) is 17.7 Å². The third kappa shape index (κ3) is 2.11. The minimum atomic E-state index is -0.192. The van der Waals surface area contributed by atoms with Crippen molar-refractivity contribution in [2.24, 2.45) is 0 Å². The van der Waals surface area contributed by atoms with Crippen LogP contribution in [0.4, 0.5) is 5.69 Å². The zero-order chi connectivity index (χ0) is 11.5. The number of hydrogen-bond acceptors (Lipinski definition) is 2. The van der Waals surface area contributed by atoms with Crippen molar-refractivity contribution >= 4 is 11.6 Å². The molecule has 0 saturated carbocycles. The first kappa shape index (κ1) is 10.4. The Kier molecular flexibility index (Phi) is 2.72. The second-order valence-corrected chi connectivity index (χ2v) is 3.70. The maximum atomic E-state index is 11.8. The average Bonchev–Trinajstić information content (AvgIpc) is 2.68. The highest BCUT2D eigenvalue weighted by Crippen LogP contribution is 2.10. The van der Waals surface area contributed by atoms with Crippen molar-refractivity contribution in [1.29, 1.82) is 0 Å². The molecule has 0 aliphatic heterocycles. The topological polar surface area (TPSA) is 57.8 Å². The van der Waals surface area contributed by atoms with Gasteiger partial charge in [0.15, 0.2) is 0 Å². The Balaban J connectivity index is 2.14. The van der Waals surface area contributed by atoms with Gasteiger partial charge >= 0.3 is 0 Å². The SMILES string of the molecule is Cc1ccc(NC(=O)c2nc[nH]c2C)cc1. The van der Waals surface area contributed by atoms with Gasteiger partial charge in [-0.2, -0.15) is 0 Å². The number of nitrogens with one attached hydrogen (secondary N) is 2. The second kappa shape index (κ2) is 4.18. The maximum absolute atomic E-state index is 11.8. The zero-order valence-corrected chi connectivity index (χ0v) is 9.24. The molecular weight excluding hydrogens is 202 g/mol. The fourth-order valence-corrected chi connectivity index (χ4v) is 1.41. The van der Waals surface area contributed by atoms with Gasteiger partial charge in [-0.3, -0.25) is 4.79 Å². The standard InChI is InChI=1S/C12H13N3O/c1-8-3-5-10(6-4-8)15-12(16)11-9(2)13-7-14-11/h3-7H,1-2H3,(H,13,14)(H,15,16). The van der Waals surface area contributed by atoms with E-state index in [9.17, 15) is 4.79 Å². The zero-order valence-electron chi connectivity index (χ0n) is 9.24. The fraction of sp³-hybridized carbons (Fsp3) is 0.167. The highest BCUT2D eigenvalue weighted by Gasteiger charge is 2.11. The van der Waals surface area contributed by atoms with Gasteiger partial charge in [0.1, 0.15) is 5.69 Å². The van der Waals surface area contributed by atoms with Crippen LogP contribution in [0.25, 0.3) is 0 Å². The molecule has 0 unspecified atom stereocenters. The summed E-state index contributed by atoms with van der Waals surface area (Å²) in [4.78, 5) is 18.6. The number of H-pyrrole nitrogens is 1. The summed E-state index contributed by atoms with van der Waals surface area (Å²) in [7, 11) is 0. The summed E-state index contributed by atoms with van der Waals surface area (Å²) in [5.41, 5.74) is 3.14. The molecule has 1 amide bonds. The van der Waals surface area contributed by atoms with Gasteiger partial charge < -0.3 is 10.3 Å². The van der Waals surface area contributed by atoms with Crippen LogP contribution >= 0.6 is 0 Å². The van der Waals surface area contributed by atoms with Gasteiger partial charge in [-0.25, -0.2) is 4.98 Å². The van der Waals surface area contributed by atoms with Crippen molar-refractivity contribution in [1.82, 2.24) is 9.97 Å². The van der Waals surface area contributed by atoms with E-state index in [1.54, 1.807) is 0 Å². The predicted octanol–water partition coefficient (Wildman–Crippen LogP) is 2.28. The molecule has 0 aliphatic rings. The number of anilines is 1. The second-order valence-electron chi connectivity index (χ2n) is 3.70. The molecule has 4 nitrogen and oxygen atoms in total. The largest absolute Gasteiger partial charge is 0.348 e. The normalized spacial score (nSPS) is 10.1. The summed E-state index contributed by atoms with van der Waals surface area (Å²) in [6, 6.07) is 7.64. The molecule has 4 heteroatoms. The number of aromatic amines is 1. The van der Waals surface area contributed by atoms with E-state index in [1.165, 1.54) is 6.33 Å². The molecule has 0 bridgehead atoms. The number of aryl methyl sites for hydroxylation is 2. The van der Waals surface area contributed by atoms with E-state index in [4.69, 9.17) is 0 Å². The molecule has 1 aromatic carbocycles. The number of amides is 1. The lowest BCUT2D eigenvalue weighted by Crippen LogP contribution is -2.13. The van der Waals surface area contributed by atoms with Crippen molar-refractivity contribution in [3.63, 3.8) is 0 Å². The quantitative estimate of drug-likeness (QED) is 0.807. The maximum Gasteiger partial charge on any atom is 0.276 e. The van der Waals surface area contributed by atoms with Crippen LogP contribution in [0.15, 0.2) is 30.6 Å². The molecule has 0 spiro atoms. The number of carbonyl (C=O) groups is 1. The van der Waals surface area contributed by atoms with E-state index in [2.05, 4.69) is 15.3 Å². The lowest BCUT2D eigenvalue weighted by atomic mass is 10.2. The van der Waals surface area contributed by atoms with Crippen molar-refractivity contribution in [2.75, 3.05) is 5.32 Å². The molecular formula is C12H13N3O. The number of aromatic nitrogens is 2.